The Hall–Kier alpha value is -3.40. The van der Waals surface area contributed by atoms with Gasteiger partial charge in [0, 0.05) is 48.2 Å². The number of hydrogen-bond acceptors (Lipinski definition) is 7. The van der Waals surface area contributed by atoms with E-state index in [0.29, 0.717) is 29.1 Å². The van der Waals surface area contributed by atoms with Gasteiger partial charge in [0.25, 0.3) is 0 Å². The second kappa shape index (κ2) is 16.9. The Balaban J connectivity index is 0.00000484. The number of aliphatic carboxylic acids is 1. The number of rotatable bonds is 14. The van der Waals surface area contributed by atoms with Gasteiger partial charge in [-0.05, 0) is 30.5 Å². The van der Waals surface area contributed by atoms with Gasteiger partial charge in [0.2, 0.25) is 0 Å². The number of aliphatic hydroxyl groups is 2. The summed E-state index contributed by atoms with van der Waals surface area (Å²) in [5, 5.41) is 33.5. The van der Waals surface area contributed by atoms with Gasteiger partial charge in [0.15, 0.2) is 6.04 Å². The van der Waals surface area contributed by atoms with Crippen molar-refractivity contribution in [2.24, 2.45) is 4.99 Å². The first-order valence-corrected chi connectivity index (χ1v) is 13.9. The van der Waals surface area contributed by atoms with E-state index in [9.17, 15) is 24.9 Å². The summed E-state index contributed by atoms with van der Waals surface area (Å²) < 4.78 is 0. The number of likely N-dealkylation sites (tertiary alicyclic amines) is 1. The molecule has 1 heterocycles. The largest absolute Gasteiger partial charge is 0.625 e. The number of amides is 1. The minimum atomic E-state index is -1.18. The molecule has 3 aromatic carbocycles. The van der Waals surface area contributed by atoms with Crippen LogP contribution >= 0.6 is 0 Å². The number of hydrogen-bond donors (Lipinski definition) is 3. The molecular weight excluding hydrogens is 579 g/mol. The van der Waals surface area contributed by atoms with Crippen molar-refractivity contribution in [3.05, 3.63) is 107 Å². The summed E-state index contributed by atoms with van der Waals surface area (Å²) in [4.78, 5) is 34.4. The Kier molecular flexibility index (Phi) is 13.3. The SMILES string of the molecule is O=C(O)[C@H](CN(CCO)CCO)N=C(c1ccccc1)c1ccccc1[N-]C(=O)[C@@H]1CCCN1Cc1ccccc1.[Ni]. The van der Waals surface area contributed by atoms with Gasteiger partial charge in [-0.15, -0.1) is 5.69 Å². The maximum atomic E-state index is 13.6. The number of para-hydroxylation sites is 1. The van der Waals surface area contributed by atoms with Crippen molar-refractivity contribution in [1.82, 2.24) is 9.80 Å². The number of benzene rings is 3. The van der Waals surface area contributed by atoms with Crippen LogP contribution in [0.25, 0.3) is 5.32 Å². The molecule has 10 heteroatoms. The zero-order valence-corrected chi connectivity index (χ0v) is 24.4. The number of carboxylic acids is 1. The van der Waals surface area contributed by atoms with Crippen LogP contribution < -0.4 is 0 Å². The van der Waals surface area contributed by atoms with Crippen LogP contribution in [-0.2, 0) is 32.6 Å². The van der Waals surface area contributed by atoms with Crippen molar-refractivity contribution in [2.75, 3.05) is 39.4 Å². The molecule has 0 unspecified atom stereocenters. The summed E-state index contributed by atoms with van der Waals surface area (Å²) in [5.41, 5.74) is 3.23. The monoisotopic (exact) mass is 615 g/mol. The van der Waals surface area contributed by atoms with Gasteiger partial charge in [0.1, 0.15) is 0 Å². The number of aliphatic hydroxyl groups excluding tert-OH is 2. The van der Waals surface area contributed by atoms with Crippen LogP contribution in [0.1, 0.15) is 29.5 Å². The summed E-state index contributed by atoms with van der Waals surface area (Å²) in [5.74, 6) is -1.36. The summed E-state index contributed by atoms with van der Waals surface area (Å²) >= 11 is 0. The number of aliphatic imine (C=N–C) groups is 1. The molecule has 0 bridgehead atoms. The van der Waals surface area contributed by atoms with E-state index < -0.39 is 12.0 Å². The number of carbonyl (C=O) groups is 2. The predicted molar refractivity (Wildman–Crippen MR) is 158 cm³/mol. The fraction of sp³-hybridized carbons (Fsp3) is 0.344. The number of carboxylic acid groups (broad SMARTS) is 1. The van der Waals surface area contributed by atoms with E-state index in [1.807, 2.05) is 54.6 Å². The van der Waals surface area contributed by atoms with Gasteiger partial charge in [-0.3, -0.25) is 14.8 Å². The van der Waals surface area contributed by atoms with Gasteiger partial charge < -0.3 is 25.4 Å². The van der Waals surface area contributed by atoms with Crippen molar-refractivity contribution in [1.29, 1.82) is 0 Å². The molecule has 0 saturated carbocycles. The van der Waals surface area contributed by atoms with Crippen LogP contribution in [0.5, 0.6) is 0 Å². The molecule has 0 radical (unpaired) electrons. The van der Waals surface area contributed by atoms with Crippen molar-refractivity contribution in [3.8, 4) is 0 Å². The smallest absolute Gasteiger partial charge is 0.329 e. The van der Waals surface area contributed by atoms with Gasteiger partial charge >= 0.3 is 5.97 Å². The van der Waals surface area contributed by atoms with Crippen molar-refractivity contribution < 1.29 is 41.4 Å². The molecule has 3 aromatic rings. The average Bonchev–Trinajstić information content (AvgIpc) is 3.45. The maximum Gasteiger partial charge on any atom is 0.329 e. The molecule has 0 aliphatic carbocycles. The normalized spacial score (nSPS) is 16.2. The zero-order valence-electron chi connectivity index (χ0n) is 23.4. The average molecular weight is 616 g/mol. The molecule has 3 N–H and O–H groups in total. The third-order valence-corrected chi connectivity index (χ3v) is 7.15. The minimum Gasteiger partial charge on any atom is -0.625 e. The molecule has 1 aliphatic rings. The van der Waals surface area contributed by atoms with Crippen LogP contribution in [0.15, 0.2) is 89.9 Å². The van der Waals surface area contributed by atoms with Gasteiger partial charge in [-0.1, -0.05) is 84.9 Å². The molecule has 0 spiro atoms. The maximum absolute atomic E-state index is 13.6. The van der Waals surface area contributed by atoms with E-state index >= 15 is 0 Å². The van der Waals surface area contributed by atoms with Crippen LogP contribution in [0.4, 0.5) is 5.69 Å². The van der Waals surface area contributed by atoms with Crippen LogP contribution in [0, 0.1) is 0 Å². The Morgan fingerprint density at radius 2 is 1.55 bits per heavy atom. The molecule has 42 heavy (non-hydrogen) atoms. The zero-order chi connectivity index (χ0) is 29.0. The van der Waals surface area contributed by atoms with Crippen LogP contribution in [-0.4, -0.2) is 94.2 Å². The predicted octanol–water partition coefficient (Wildman–Crippen LogP) is 3.46. The van der Waals surface area contributed by atoms with E-state index in [2.05, 4.69) is 27.3 Å². The van der Waals surface area contributed by atoms with E-state index in [1.54, 1.807) is 23.1 Å². The third kappa shape index (κ3) is 9.05. The quantitative estimate of drug-likeness (QED) is 0.187. The van der Waals surface area contributed by atoms with E-state index in [0.717, 1.165) is 24.9 Å². The molecule has 2 atom stereocenters. The second-order valence-electron chi connectivity index (χ2n) is 10.0. The first kappa shape index (κ1) is 33.1. The third-order valence-electron chi connectivity index (χ3n) is 7.15. The fourth-order valence-electron chi connectivity index (χ4n) is 5.12. The van der Waals surface area contributed by atoms with Gasteiger partial charge in [-0.25, -0.2) is 4.79 Å². The standard InChI is InChI=1S/C32H38N4O5.Ni/c37-20-18-35(19-21-38)23-28(32(40)41)33-30(25-12-5-2-6-13-25)26-14-7-8-15-27(26)34-31(39)29-16-9-17-36(29)22-24-10-3-1-4-11-24;/h1-8,10-15,28-29,37-38H,9,16-23H2,(H2,33,34,39,40,41);/p-1/t28-,29-;/m0./s1. The number of carbonyl (C=O) groups excluding carboxylic acids is 1. The Bertz CT molecular complexity index is 1300. The first-order valence-electron chi connectivity index (χ1n) is 13.9. The molecule has 1 amide bonds. The topological polar surface area (TPSA) is 128 Å². The summed E-state index contributed by atoms with van der Waals surface area (Å²) in [7, 11) is 0. The summed E-state index contributed by atoms with van der Waals surface area (Å²) in [6.45, 7) is 1.56. The molecule has 9 nitrogen and oxygen atoms in total. The van der Waals surface area contributed by atoms with Crippen molar-refractivity contribution in [2.45, 2.75) is 31.5 Å². The Labute approximate surface area is 256 Å². The van der Waals surface area contributed by atoms with E-state index in [1.165, 1.54) is 0 Å². The van der Waals surface area contributed by atoms with Gasteiger partial charge in [0.05, 0.1) is 30.9 Å². The molecule has 4 rings (SSSR count). The summed E-state index contributed by atoms with van der Waals surface area (Å²) in [6, 6.07) is 24.9. The first-order chi connectivity index (χ1) is 20.0. The molecular formula is C32H37N4NiO5-. The molecule has 1 saturated heterocycles. The van der Waals surface area contributed by atoms with Crippen LogP contribution in [0.2, 0.25) is 0 Å². The number of nitrogens with zero attached hydrogens (tertiary/aromatic N) is 4. The minimum absolute atomic E-state index is 0. The van der Waals surface area contributed by atoms with Crippen LogP contribution in [0.3, 0.4) is 0 Å². The molecule has 226 valence electrons. The van der Waals surface area contributed by atoms with Gasteiger partial charge in [-0.2, -0.15) is 0 Å². The Morgan fingerprint density at radius 3 is 2.19 bits per heavy atom. The molecule has 1 aliphatic heterocycles. The summed E-state index contributed by atoms with van der Waals surface area (Å²) in [6.07, 6.45) is 1.64. The van der Waals surface area contributed by atoms with Crippen molar-refractivity contribution in [3.63, 3.8) is 0 Å². The Morgan fingerprint density at radius 1 is 0.929 bits per heavy atom. The molecule has 0 aromatic heterocycles. The molecule has 1 fully saturated rings. The fourth-order valence-corrected chi connectivity index (χ4v) is 5.12. The van der Waals surface area contributed by atoms with Crippen molar-refractivity contribution >= 4 is 23.3 Å². The second-order valence-corrected chi connectivity index (χ2v) is 10.0. The van der Waals surface area contributed by atoms with E-state index in [-0.39, 0.29) is 61.3 Å². The van der Waals surface area contributed by atoms with E-state index in [4.69, 9.17) is 0 Å².